The summed E-state index contributed by atoms with van der Waals surface area (Å²) >= 11 is 0. The van der Waals surface area contributed by atoms with Gasteiger partial charge in [-0.2, -0.15) is 0 Å². The van der Waals surface area contributed by atoms with Crippen LogP contribution in [-0.4, -0.2) is 192 Å². The number of hydrogen-bond donors (Lipinski definition) is 12. The summed E-state index contributed by atoms with van der Waals surface area (Å²) in [6.45, 7) is 2.15. The van der Waals surface area contributed by atoms with Crippen LogP contribution in [0.5, 0.6) is 0 Å². The summed E-state index contributed by atoms with van der Waals surface area (Å²) in [6.07, 6.45) is -15.3. The van der Waals surface area contributed by atoms with Crippen molar-refractivity contribution < 1.29 is 98.4 Å². The van der Waals surface area contributed by atoms with Gasteiger partial charge in [-0.1, -0.05) is 97.3 Å². The van der Waals surface area contributed by atoms with Crippen molar-refractivity contribution in [3.63, 3.8) is 0 Å². The Morgan fingerprint density at radius 3 is 1.31 bits per heavy atom. The van der Waals surface area contributed by atoms with Gasteiger partial charge >= 0.3 is 7.82 Å². The zero-order valence-electron chi connectivity index (χ0n) is 34.3. The van der Waals surface area contributed by atoms with Gasteiger partial charge in [-0.25, -0.2) is 4.57 Å². The zero-order valence-corrected chi connectivity index (χ0v) is 35.2. The molecule has 3 aliphatic rings. The number of ether oxygens (including phenoxy) is 5. The van der Waals surface area contributed by atoms with Gasteiger partial charge in [0.05, 0.1) is 25.9 Å². The van der Waals surface area contributed by atoms with Crippen LogP contribution in [-0.2, 0) is 37.3 Å². The molecule has 18 atom stereocenters. The topological polar surface area (TPSA) is 324 Å². The molecule has 2 saturated heterocycles. The lowest BCUT2D eigenvalue weighted by Gasteiger charge is -2.49. The second-order valence-corrected chi connectivity index (χ2v) is 17.3. The van der Waals surface area contributed by atoms with E-state index >= 15 is 0 Å². The van der Waals surface area contributed by atoms with Crippen molar-refractivity contribution in [2.45, 2.75) is 214 Å². The summed E-state index contributed by atoms with van der Waals surface area (Å²) in [5.41, 5.74) is 0. The van der Waals surface area contributed by atoms with E-state index in [1.54, 1.807) is 6.92 Å². The minimum Gasteiger partial charge on any atom is -0.394 e. The molecule has 1 aliphatic carbocycles. The van der Waals surface area contributed by atoms with Crippen LogP contribution >= 0.6 is 7.82 Å². The third kappa shape index (κ3) is 15.9. The molecular formula is C38H73O20P. The van der Waals surface area contributed by atoms with Gasteiger partial charge in [0.25, 0.3) is 0 Å². The van der Waals surface area contributed by atoms with Gasteiger partial charge in [0.1, 0.15) is 85.5 Å². The molecule has 3 fully saturated rings. The molecule has 20 nitrogen and oxygen atoms in total. The van der Waals surface area contributed by atoms with Crippen LogP contribution in [0.4, 0.5) is 0 Å². The lowest BCUT2D eigenvalue weighted by Crippen LogP contribution is -2.69. The number of aliphatic hydroxyl groups excluding tert-OH is 11. The van der Waals surface area contributed by atoms with Gasteiger partial charge < -0.3 is 84.7 Å². The molecule has 0 aromatic rings. The highest BCUT2D eigenvalue weighted by molar-refractivity contribution is 7.47. The van der Waals surface area contributed by atoms with Gasteiger partial charge in [-0.3, -0.25) is 9.05 Å². The highest BCUT2D eigenvalue weighted by Gasteiger charge is 2.58. The molecule has 350 valence electrons. The lowest BCUT2D eigenvalue weighted by atomic mass is 9.84. The minimum absolute atomic E-state index is 0.361. The van der Waals surface area contributed by atoms with E-state index in [9.17, 15) is 65.6 Å². The first-order valence-electron chi connectivity index (χ1n) is 21.4. The first kappa shape index (κ1) is 52.8. The molecule has 1 saturated carbocycles. The fourth-order valence-corrected chi connectivity index (χ4v) is 8.43. The van der Waals surface area contributed by atoms with Crippen molar-refractivity contribution in [2.75, 3.05) is 26.4 Å². The molecule has 2 aliphatic heterocycles. The normalized spacial score (nSPS) is 38.3. The average molecular weight is 881 g/mol. The molecule has 10 unspecified atom stereocenters. The number of phosphoric ester groups is 1. The number of hydrogen-bond acceptors (Lipinski definition) is 19. The van der Waals surface area contributed by atoms with Crippen LogP contribution in [0.15, 0.2) is 0 Å². The molecule has 0 radical (unpaired) electrons. The number of unbranched alkanes of at least 4 members (excludes halogenated alkanes) is 13. The molecule has 59 heavy (non-hydrogen) atoms. The SMILES string of the molecule is CCCCCCCCCCCCCCCCO[C@H](CC)COP(=O)(O)OC1C(O[C@H]2OC(CO)[C@@H](O)[C@H](O)C2O)C(O)C(O)[C@H](O)C1O[C@H]1OC(CO)[C@@H](O)C(O)[C@H]1O. The summed E-state index contributed by atoms with van der Waals surface area (Å²) in [7, 11) is -5.28. The third-order valence-electron chi connectivity index (χ3n) is 11.3. The summed E-state index contributed by atoms with van der Waals surface area (Å²) < 4.78 is 52.2. The minimum atomic E-state index is -5.28. The molecule has 21 heteroatoms. The van der Waals surface area contributed by atoms with Crippen LogP contribution in [0.1, 0.15) is 110 Å². The van der Waals surface area contributed by atoms with E-state index in [0.29, 0.717) is 13.0 Å². The Balaban J connectivity index is 1.63. The van der Waals surface area contributed by atoms with E-state index in [-0.39, 0.29) is 0 Å². The van der Waals surface area contributed by atoms with Crippen molar-refractivity contribution in [1.82, 2.24) is 0 Å². The second-order valence-electron chi connectivity index (χ2n) is 15.9. The maximum Gasteiger partial charge on any atom is 0.472 e. The second kappa shape index (κ2) is 26.9. The van der Waals surface area contributed by atoms with Crippen molar-refractivity contribution in [3.8, 4) is 0 Å². The summed E-state index contributed by atoms with van der Waals surface area (Å²) in [5, 5.41) is 115. The van der Waals surface area contributed by atoms with Crippen molar-refractivity contribution in [1.29, 1.82) is 0 Å². The van der Waals surface area contributed by atoms with Crippen molar-refractivity contribution in [3.05, 3.63) is 0 Å². The monoisotopic (exact) mass is 880 g/mol. The Kier molecular flexibility index (Phi) is 24.1. The lowest BCUT2D eigenvalue weighted by molar-refractivity contribution is -0.360. The Morgan fingerprint density at radius 2 is 0.915 bits per heavy atom. The fourth-order valence-electron chi connectivity index (χ4n) is 7.46. The van der Waals surface area contributed by atoms with Gasteiger partial charge in [-0.15, -0.1) is 0 Å². The van der Waals surface area contributed by atoms with Crippen molar-refractivity contribution >= 4 is 7.82 Å². The molecule has 0 bridgehead atoms. The fraction of sp³-hybridized carbons (Fsp3) is 1.00. The van der Waals surface area contributed by atoms with Crippen LogP contribution in [0.2, 0.25) is 0 Å². The molecule has 0 aromatic carbocycles. The quantitative estimate of drug-likeness (QED) is 0.0339. The van der Waals surface area contributed by atoms with Gasteiger partial charge in [0.15, 0.2) is 12.6 Å². The molecule has 2 heterocycles. The van der Waals surface area contributed by atoms with E-state index in [0.717, 1.165) is 25.7 Å². The molecule has 0 aromatic heterocycles. The number of rotatable bonds is 28. The first-order chi connectivity index (χ1) is 28.1. The van der Waals surface area contributed by atoms with E-state index in [2.05, 4.69) is 6.92 Å². The van der Waals surface area contributed by atoms with E-state index in [4.69, 9.17) is 32.7 Å². The molecule has 12 N–H and O–H groups in total. The summed E-state index contributed by atoms with van der Waals surface area (Å²) in [4.78, 5) is 11.0. The zero-order chi connectivity index (χ0) is 43.7. The Hall–Kier alpha value is -0.530. The smallest absolute Gasteiger partial charge is 0.394 e. The van der Waals surface area contributed by atoms with Crippen LogP contribution < -0.4 is 0 Å². The first-order valence-corrected chi connectivity index (χ1v) is 22.8. The standard InChI is InChI=1S/C38H73O20P/c1-3-5-6-7-8-9-10-11-12-13-14-15-16-17-18-52-22(4-2)21-53-59(50,51)58-36-34(56-37-32(48)27(43)25(41)23(19-39)54-37)30(46)29(45)31(47)35(36)57-38-33(49)28(44)26(42)24(20-40)55-38/h22-49H,3-21H2,1-2H3,(H,50,51)/t22-,23?,24?,25-,26-,27+,28?,29?,30?,31+,32?,33-,34?,35?,36?,37-,38-/m1/s1. The third-order valence-corrected chi connectivity index (χ3v) is 12.3. The van der Waals surface area contributed by atoms with Gasteiger partial charge in [-0.05, 0) is 12.8 Å². The van der Waals surface area contributed by atoms with Crippen molar-refractivity contribution in [2.24, 2.45) is 0 Å². The largest absolute Gasteiger partial charge is 0.472 e. The predicted molar refractivity (Wildman–Crippen MR) is 206 cm³/mol. The highest BCUT2D eigenvalue weighted by Crippen LogP contribution is 2.48. The number of aliphatic hydroxyl groups is 11. The van der Waals surface area contributed by atoms with Gasteiger partial charge in [0.2, 0.25) is 0 Å². The van der Waals surface area contributed by atoms with E-state index in [1.165, 1.54) is 64.2 Å². The van der Waals surface area contributed by atoms with Crippen LogP contribution in [0.25, 0.3) is 0 Å². The summed E-state index contributed by atoms with van der Waals surface area (Å²) in [6, 6.07) is 0. The van der Waals surface area contributed by atoms with E-state index in [1.807, 2.05) is 0 Å². The van der Waals surface area contributed by atoms with Crippen LogP contribution in [0.3, 0.4) is 0 Å². The Bertz CT molecular complexity index is 1120. The Labute approximate surface area is 346 Å². The number of phosphoric acid groups is 1. The highest BCUT2D eigenvalue weighted by atomic mass is 31.2. The molecule has 0 amide bonds. The van der Waals surface area contributed by atoms with Gasteiger partial charge in [0, 0.05) is 6.61 Å². The summed E-state index contributed by atoms with van der Waals surface area (Å²) in [5.74, 6) is 0. The molecular weight excluding hydrogens is 807 g/mol. The predicted octanol–water partition coefficient (Wildman–Crippen LogP) is -0.768. The van der Waals surface area contributed by atoms with E-state index < -0.39 is 132 Å². The molecule has 0 spiro atoms. The molecule has 3 rings (SSSR count). The maximum atomic E-state index is 13.5. The maximum absolute atomic E-state index is 13.5. The Morgan fingerprint density at radius 1 is 0.525 bits per heavy atom. The van der Waals surface area contributed by atoms with Crippen LogP contribution in [0, 0.1) is 0 Å². The average Bonchev–Trinajstić information content (AvgIpc) is 3.22.